The Morgan fingerprint density at radius 2 is 2.04 bits per heavy atom. The van der Waals surface area contributed by atoms with Crippen molar-refractivity contribution in [1.82, 2.24) is 19.5 Å². The molecule has 0 bridgehead atoms. The molecular formula is C17H22N4OS. The quantitative estimate of drug-likeness (QED) is 0.812. The van der Waals surface area contributed by atoms with Crippen molar-refractivity contribution >= 4 is 23.3 Å². The molecule has 6 heteroatoms. The largest absolute Gasteiger partial charge is 0.339 e. The van der Waals surface area contributed by atoms with Crippen molar-refractivity contribution in [2.24, 2.45) is 5.92 Å². The second kappa shape index (κ2) is 6.51. The van der Waals surface area contributed by atoms with Crippen LogP contribution in [0.25, 0.3) is 5.65 Å². The number of rotatable bonds is 3. The molecule has 1 aliphatic heterocycles. The summed E-state index contributed by atoms with van der Waals surface area (Å²) in [4.78, 5) is 14.9. The predicted octanol–water partition coefficient (Wildman–Crippen LogP) is 3.00. The summed E-state index contributed by atoms with van der Waals surface area (Å²) >= 11 is 1.50. The molecule has 4 rings (SSSR count). The van der Waals surface area contributed by atoms with Crippen LogP contribution in [0.3, 0.4) is 0 Å². The van der Waals surface area contributed by atoms with Crippen LogP contribution in [0, 0.1) is 5.92 Å². The summed E-state index contributed by atoms with van der Waals surface area (Å²) < 4.78 is 1.94. The number of fused-ring (bicyclic) bond motifs is 2. The minimum absolute atomic E-state index is 0.263. The van der Waals surface area contributed by atoms with Crippen LogP contribution in [0.5, 0.6) is 0 Å². The molecule has 23 heavy (non-hydrogen) atoms. The van der Waals surface area contributed by atoms with Crippen LogP contribution in [0.15, 0.2) is 29.6 Å². The summed E-state index contributed by atoms with van der Waals surface area (Å²) in [6.45, 7) is 0.932. The molecule has 2 unspecified atom stereocenters. The highest BCUT2D eigenvalue weighted by Crippen LogP contribution is 2.35. The first-order valence-electron chi connectivity index (χ1n) is 8.55. The van der Waals surface area contributed by atoms with E-state index in [-0.39, 0.29) is 5.91 Å². The van der Waals surface area contributed by atoms with E-state index in [2.05, 4.69) is 15.1 Å². The van der Waals surface area contributed by atoms with E-state index in [1.165, 1.54) is 43.9 Å². The maximum atomic E-state index is 12.7. The van der Waals surface area contributed by atoms with Gasteiger partial charge < -0.3 is 4.90 Å². The van der Waals surface area contributed by atoms with E-state index in [1.54, 1.807) is 0 Å². The lowest BCUT2D eigenvalue weighted by atomic mass is 9.78. The van der Waals surface area contributed by atoms with Gasteiger partial charge in [-0.05, 0) is 43.7 Å². The predicted molar refractivity (Wildman–Crippen MR) is 90.4 cm³/mol. The summed E-state index contributed by atoms with van der Waals surface area (Å²) in [6.07, 6.45) is 9.50. The van der Waals surface area contributed by atoms with Gasteiger partial charge in [-0.15, -0.1) is 10.2 Å². The van der Waals surface area contributed by atoms with E-state index in [1.807, 2.05) is 28.8 Å². The molecule has 2 aliphatic rings. The van der Waals surface area contributed by atoms with Gasteiger partial charge >= 0.3 is 0 Å². The Bertz CT molecular complexity index is 699. The second-order valence-electron chi connectivity index (χ2n) is 6.54. The monoisotopic (exact) mass is 330 g/mol. The van der Waals surface area contributed by atoms with Gasteiger partial charge in [0.1, 0.15) is 0 Å². The smallest absolute Gasteiger partial charge is 0.233 e. The third-order valence-corrected chi connectivity index (χ3v) is 6.10. The Balaban J connectivity index is 1.43. The van der Waals surface area contributed by atoms with E-state index >= 15 is 0 Å². The van der Waals surface area contributed by atoms with E-state index in [0.717, 1.165) is 29.7 Å². The molecule has 2 aromatic heterocycles. The van der Waals surface area contributed by atoms with Crippen LogP contribution in [0.2, 0.25) is 0 Å². The van der Waals surface area contributed by atoms with Crippen molar-refractivity contribution in [2.75, 3.05) is 12.3 Å². The molecule has 0 radical (unpaired) electrons. The SMILES string of the molecule is O=C(CSc1nnc2ccccn12)N1CCCC2CCCCC21. The van der Waals surface area contributed by atoms with Gasteiger partial charge in [0.25, 0.3) is 0 Å². The van der Waals surface area contributed by atoms with Gasteiger partial charge in [0.05, 0.1) is 5.75 Å². The van der Waals surface area contributed by atoms with Crippen molar-refractivity contribution in [1.29, 1.82) is 0 Å². The maximum Gasteiger partial charge on any atom is 0.233 e. The zero-order valence-electron chi connectivity index (χ0n) is 13.2. The topological polar surface area (TPSA) is 50.5 Å². The summed E-state index contributed by atoms with van der Waals surface area (Å²) in [5.41, 5.74) is 0.827. The zero-order chi connectivity index (χ0) is 15.6. The highest BCUT2D eigenvalue weighted by atomic mass is 32.2. The Labute approximate surface area is 140 Å². The molecule has 0 spiro atoms. The fourth-order valence-electron chi connectivity index (χ4n) is 4.06. The Hall–Kier alpha value is -1.56. The first kappa shape index (κ1) is 15.0. The number of hydrogen-bond acceptors (Lipinski definition) is 4. The maximum absolute atomic E-state index is 12.7. The third-order valence-electron chi connectivity index (χ3n) is 5.17. The summed E-state index contributed by atoms with van der Waals surface area (Å²) in [7, 11) is 0. The van der Waals surface area contributed by atoms with Crippen molar-refractivity contribution in [3.8, 4) is 0 Å². The number of nitrogens with zero attached hydrogens (tertiary/aromatic N) is 4. The van der Waals surface area contributed by atoms with Crippen molar-refractivity contribution in [3.05, 3.63) is 24.4 Å². The van der Waals surface area contributed by atoms with Gasteiger partial charge in [0.15, 0.2) is 10.8 Å². The molecule has 5 nitrogen and oxygen atoms in total. The minimum Gasteiger partial charge on any atom is -0.339 e. The molecule has 2 fully saturated rings. The van der Waals surface area contributed by atoms with E-state index < -0.39 is 0 Å². The van der Waals surface area contributed by atoms with Crippen LogP contribution in [0.4, 0.5) is 0 Å². The molecule has 1 amide bonds. The number of aromatic nitrogens is 3. The van der Waals surface area contributed by atoms with Gasteiger partial charge in [-0.25, -0.2) is 0 Å². The number of thioether (sulfide) groups is 1. The van der Waals surface area contributed by atoms with Crippen molar-refractivity contribution in [2.45, 2.75) is 49.7 Å². The van der Waals surface area contributed by atoms with Crippen LogP contribution in [-0.4, -0.2) is 43.7 Å². The van der Waals surface area contributed by atoms with Crippen LogP contribution in [-0.2, 0) is 4.79 Å². The zero-order valence-corrected chi connectivity index (χ0v) is 14.0. The molecule has 0 N–H and O–H groups in total. The lowest BCUT2D eigenvalue weighted by molar-refractivity contribution is -0.134. The van der Waals surface area contributed by atoms with E-state index in [0.29, 0.717) is 11.8 Å². The lowest BCUT2D eigenvalue weighted by Crippen LogP contribution is -2.50. The van der Waals surface area contributed by atoms with Gasteiger partial charge in [-0.2, -0.15) is 0 Å². The molecule has 0 aromatic carbocycles. The lowest BCUT2D eigenvalue weighted by Gasteiger charge is -2.44. The van der Waals surface area contributed by atoms with E-state index in [4.69, 9.17) is 0 Å². The normalized spacial score (nSPS) is 24.6. The third kappa shape index (κ3) is 2.96. The number of carbonyl (C=O) groups excluding carboxylic acids is 1. The molecule has 2 aromatic rings. The van der Waals surface area contributed by atoms with Crippen LogP contribution in [0.1, 0.15) is 38.5 Å². The summed E-state index contributed by atoms with van der Waals surface area (Å²) in [6, 6.07) is 6.32. The number of pyridine rings is 1. The van der Waals surface area contributed by atoms with Gasteiger partial charge in [-0.1, -0.05) is 30.7 Å². The van der Waals surface area contributed by atoms with Crippen LogP contribution < -0.4 is 0 Å². The first-order valence-corrected chi connectivity index (χ1v) is 9.53. The van der Waals surface area contributed by atoms with Gasteiger partial charge in [0.2, 0.25) is 5.91 Å². The molecular weight excluding hydrogens is 308 g/mol. The second-order valence-corrected chi connectivity index (χ2v) is 7.48. The summed E-state index contributed by atoms with van der Waals surface area (Å²) in [5, 5.41) is 9.14. The number of hydrogen-bond donors (Lipinski definition) is 0. The fraction of sp³-hybridized carbons (Fsp3) is 0.588. The molecule has 3 heterocycles. The van der Waals surface area contributed by atoms with Crippen molar-refractivity contribution in [3.63, 3.8) is 0 Å². The number of amides is 1. The number of piperidine rings is 1. The Morgan fingerprint density at radius 3 is 3.00 bits per heavy atom. The highest BCUT2D eigenvalue weighted by molar-refractivity contribution is 7.99. The Kier molecular flexibility index (Phi) is 4.25. The van der Waals surface area contributed by atoms with Gasteiger partial charge in [-0.3, -0.25) is 9.20 Å². The molecule has 1 saturated carbocycles. The van der Waals surface area contributed by atoms with Crippen molar-refractivity contribution < 1.29 is 4.79 Å². The molecule has 1 saturated heterocycles. The molecule has 1 aliphatic carbocycles. The average Bonchev–Trinajstić information content (AvgIpc) is 3.02. The van der Waals surface area contributed by atoms with Crippen LogP contribution >= 0.6 is 11.8 Å². The fourth-order valence-corrected chi connectivity index (χ4v) is 4.87. The number of likely N-dealkylation sites (tertiary alicyclic amines) is 1. The standard InChI is InChI=1S/C17H22N4OS/c22-16(20-11-5-7-13-6-1-2-8-14(13)20)12-23-17-19-18-15-9-3-4-10-21(15)17/h3-4,9-10,13-14H,1-2,5-8,11-12H2. The average molecular weight is 330 g/mol. The summed E-state index contributed by atoms with van der Waals surface area (Å²) in [5.74, 6) is 1.46. The molecule has 122 valence electrons. The minimum atomic E-state index is 0.263. The Morgan fingerprint density at radius 1 is 1.17 bits per heavy atom. The molecule has 2 atom stereocenters. The van der Waals surface area contributed by atoms with Gasteiger partial charge in [0, 0.05) is 18.8 Å². The first-order chi connectivity index (χ1) is 11.3. The highest BCUT2D eigenvalue weighted by Gasteiger charge is 2.35. The van der Waals surface area contributed by atoms with E-state index in [9.17, 15) is 4.79 Å². The number of carbonyl (C=O) groups is 1.